The summed E-state index contributed by atoms with van der Waals surface area (Å²) in [5.74, 6) is 0.935. The second-order valence-corrected chi connectivity index (χ2v) is 5.84. The fourth-order valence-electron chi connectivity index (χ4n) is 2.11. The molecule has 102 valence electrons. The van der Waals surface area contributed by atoms with E-state index in [-0.39, 0.29) is 12.0 Å². The average Bonchev–Trinajstić information content (AvgIpc) is 2.36. The average molecular weight is 258 g/mol. The van der Waals surface area contributed by atoms with Gasteiger partial charge in [0.25, 0.3) is 0 Å². The van der Waals surface area contributed by atoms with E-state index in [1.165, 1.54) is 5.39 Å². The first kappa shape index (κ1) is 13.8. The predicted molar refractivity (Wildman–Crippen MR) is 80.5 cm³/mol. The van der Waals surface area contributed by atoms with Gasteiger partial charge in [0, 0.05) is 18.5 Å². The number of aryl methyl sites for hydroxylation is 1. The van der Waals surface area contributed by atoms with Gasteiger partial charge in [0.15, 0.2) is 0 Å². The lowest BCUT2D eigenvalue weighted by Gasteiger charge is -2.24. The van der Waals surface area contributed by atoms with Gasteiger partial charge in [0.2, 0.25) is 0 Å². The van der Waals surface area contributed by atoms with Gasteiger partial charge < -0.3 is 10.4 Å². The summed E-state index contributed by atoms with van der Waals surface area (Å²) in [6, 6.07) is 10.3. The van der Waals surface area contributed by atoms with Crippen LogP contribution in [0.1, 0.15) is 25.8 Å². The number of nitrogens with zero attached hydrogens (tertiary/aromatic N) is 1. The summed E-state index contributed by atoms with van der Waals surface area (Å²) < 4.78 is 0. The quantitative estimate of drug-likeness (QED) is 0.864. The highest BCUT2D eigenvalue weighted by molar-refractivity contribution is 5.81. The van der Waals surface area contributed by atoms with E-state index >= 15 is 0 Å². The van der Waals surface area contributed by atoms with Crippen LogP contribution >= 0.6 is 0 Å². The number of benzene rings is 1. The van der Waals surface area contributed by atoms with Crippen LogP contribution in [0.3, 0.4) is 0 Å². The highest BCUT2D eigenvalue weighted by atomic mass is 16.3. The van der Waals surface area contributed by atoms with Crippen molar-refractivity contribution in [2.24, 2.45) is 5.41 Å². The van der Waals surface area contributed by atoms with Crippen LogP contribution in [0.4, 0.5) is 5.82 Å². The fourth-order valence-corrected chi connectivity index (χ4v) is 2.11. The van der Waals surface area contributed by atoms with E-state index in [0.29, 0.717) is 0 Å². The fraction of sp³-hybridized carbons (Fsp3) is 0.438. The third kappa shape index (κ3) is 3.44. The van der Waals surface area contributed by atoms with Gasteiger partial charge in [-0.3, -0.25) is 0 Å². The minimum atomic E-state index is 0.0640. The van der Waals surface area contributed by atoms with Crippen molar-refractivity contribution in [3.8, 4) is 0 Å². The van der Waals surface area contributed by atoms with Crippen molar-refractivity contribution in [1.82, 2.24) is 4.98 Å². The van der Waals surface area contributed by atoms with E-state index in [0.717, 1.165) is 29.9 Å². The maximum Gasteiger partial charge on any atom is 0.129 e. The number of nitrogens with one attached hydrogen (secondary N) is 1. The van der Waals surface area contributed by atoms with Gasteiger partial charge in [0.05, 0.1) is 5.52 Å². The minimum absolute atomic E-state index is 0.0640. The van der Waals surface area contributed by atoms with Crippen molar-refractivity contribution in [2.75, 3.05) is 18.5 Å². The maximum atomic E-state index is 9.05. The Hall–Kier alpha value is -1.61. The summed E-state index contributed by atoms with van der Waals surface area (Å²) in [5, 5.41) is 13.6. The third-order valence-electron chi connectivity index (χ3n) is 3.44. The van der Waals surface area contributed by atoms with Gasteiger partial charge >= 0.3 is 0 Å². The van der Waals surface area contributed by atoms with E-state index in [9.17, 15) is 0 Å². The topological polar surface area (TPSA) is 45.2 Å². The Morgan fingerprint density at radius 1 is 1.26 bits per heavy atom. The number of anilines is 1. The van der Waals surface area contributed by atoms with Crippen molar-refractivity contribution >= 4 is 16.7 Å². The van der Waals surface area contributed by atoms with Gasteiger partial charge in [-0.2, -0.15) is 0 Å². The zero-order valence-corrected chi connectivity index (χ0v) is 11.9. The van der Waals surface area contributed by atoms with E-state index < -0.39 is 0 Å². The molecule has 0 saturated heterocycles. The maximum absolute atomic E-state index is 9.05. The molecular weight excluding hydrogens is 236 g/mol. The van der Waals surface area contributed by atoms with Crippen LogP contribution < -0.4 is 5.32 Å². The van der Waals surface area contributed by atoms with E-state index in [4.69, 9.17) is 5.11 Å². The minimum Gasteiger partial charge on any atom is -0.396 e. The summed E-state index contributed by atoms with van der Waals surface area (Å²) in [6.45, 7) is 7.39. The molecule has 1 aromatic carbocycles. The first-order chi connectivity index (χ1) is 9.02. The smallest absolute Gasteiger partial charge is 0.129 e. The number of para-hydroxylation sites is 1. The molecule has 0 spiro atoms. The Bertz CT molecular complexity index is 564. The molecule has 0 radical (unpaired) electrons. The molecule has 0 saturated carbocycles. The second-order valence-electron chi connectivity index (χ2n) is 5.84. The predicted octanol–water partition coefficient (Wildman–Crippen LogP) is 3.36. The normalized spacial score (nSPS) is 11.8. The van der Waals surface area contributed by atoms with Crippen molar-refractivity contribution in [1.29, 1.82) is 0 Å². The molecule has 2 rings (SSSR count). The van der Waals surface area contributed by atoms with Crippen LogP contribution in [0.25, 0.3) is 10.9 Å². The number of hydrogen-bond acceptors (Lipinski definition) is 3. The molecule has 0 atom stereocenters. The largest absolute Gasteiger partial charge is 0.396 e. The zero-order chi connectivity index (χ0) is 13.9. The Morgan fingerprint density at radius 2 is 2.00 bits per heavy atom. The van der Waals surface area contributed by atoms with E-state index in [1.807, 2.05) is 18.2 Å². The van der Waals surface area contributed by atoms with Gasteiger partial charge in [-0.15, -0.1) is 0 Å². The van der Waals surface area contributed by atoms with Crippen LogP contribution in [0.5, 0.6) is 0 Å². The monoisotopic (exact) mass is 258 g/mol. The van der Waals surface area contributed by atoms with Gasteiger partial charge in [-0.05, 0) is 36.5 Å². The summed E-state index contributed by atoms with van der Waals surface area (Å²) in [4.78, 5) is 4.66. The summed E-state index contributed by atoms with van der Waals surface area (Å²) >= 11 is 0. The molecule has 0 unspecified atom stereocenters. The van der Waals surface area contributed by atoms with Crippen molar-refractivity contribution in [2.45, 2.75) is 27.2 Å². The Balaban J connectivity index is 2.18. The number of aliphatic hydroxyl groups is 1. The molecule has 3 nitrogen and oxygen atoms in total. The van der Waals surface area contributed by atoms with Crippen LogP contribution in [-0.2, 0) is 0 Å². The van der Waals surface area contributed by atoms with E-state index in [2.05, 4.69) is 43.2 Å². The zero-order valence-electron chi connectivity index (χ0n) is 11.9. The highest BCUT2D eigenvalue weighted by Gasteiger charge is 2.17. The standard InChI is InChI=1S/C16H22N2O/c1-12-10-13-6-4-5-7-14(13)18-15(12)17-11-16(2,3)8-9-19/h4-7,10,19H,8-9,11H2,1-3H3,(H,17,18). The van der Waals surface area contributed by atoms with Crippen molar-refractivity contribution in [3.63, 3.8) is 0 Å². The third-order valence-corrected chi connectivity index (χ3v) is 3.44. The van der Waals surface area contributed by atoms with E-state index in [1.54, 1.807) is 0 Å². The van der Waals surface area contributed by atoms with Crippen LogP contribution in [-0.4, -0.2) is 23.2 Å². The van der Waals surface area contributed by atoms with Crippen LogP contribution in [0, 0.1) is 12.3 Å². The summed E-state index contributed by atoms with van der Waals surface area (Å²) in [6.07, 6.45) is 0.784. The molecule has 0 bridgehead atoms. The molecule has 19 heavy (non-hydrogen) atoms. The number of rotatable bonds is 5. The molecule has 1 aromatic heterocycles. The van der Waals surface area contributed by atoms with Crippen LogP contribution in [0.15, 0.2) is 30.3 Å². The molecule has 3 heteroatoms. The summed E-state index contributed by atoms with van der Waals surface area (Å²) in [7, 11) is 0. The molecular formula is C16H22N2O. The van der Waals surface area contributed by atoms with Crippen LogP contribution in [0.2, 0.25) is 0 Å². The Labute approximate surface area is 114 Å². The highest BCUT2D eigenvalue weighted by Crippen LogP contribution is 2.23. The number of aliphatic hydroxyl groups excluding tert-OH is 1. The first-order valence-electron chi connectivity index (χ1n) is 6.73. The van der Waals surface area contributed by atoms with Gasteiger partial charge in [-0.25, -0.2) is 4.98 Å². The lowest BCUT2D eigenvalue weighted by Crippen LogP contribution is -2.24. The molecule has 0 amide bonds. The molecule has 2 aromatic rings. The summed E-state index contributed by atoms with van der Waals surface area (Å²) in [5.41, 5.74) is 2.23. The molecule has 1 heterocycles. The lowest BCUT2D eigenvalue weighted by molar-refractivity contribution is 0.220. The van der Waals surface area contributed by atoms with Gasteiger partial charge in [-0.1, -0.05) is 32.0 Å². The lowest BCUT2D eigenvalue weighted by atomic mass is 9.90. The van der Waals surface area contributed by atoms with Crippen molar-refractivity contribution in [3.05, 3.63) is 35.9 Å². The number of fused-ring (bicyclic) bond motifs is 1. The second kappa shape index (κ2) is 5.57. The SMILES string of the molecule is Cc1cc2ccccc2nc1NCC(C)(C)CCO. The van der Waals surface area contributed by atoms with Gasteiger partial charge in [0.1, 0.15) is 5.82 Å². The molecule has 0 aliphatic heterocycles. The molecule has 2 N–H and O–H groups in total. The molecule has 0 fully saturated rings. The first-order valence-corrected chi connectivity index (χ1v) is 6.73. The number of hydrogen-bond donors (Lipinski definition) is 2. The number of aromatic nitrogens is 1. The number of pyridine rings is 1. The molecule has 0 aliphatic carbocycles. The Morgan fingerprint density at radius 3 is 2.74 bits per heavy atom. The van der Waals surface area contributed by atoms with Crippen molar-refractivity contribution < 1.29 is 5.11 Å². The molecule has 0 aliphatic rings. The Kier molecular flexibility index (Phi) is 4.05.